The largest absolute Gasteiger partial charge is 0.493 e. The number of hydrogen-bond acceptors (Lipinski definition) is 4. The van der Waals surface area contributed by atoms with Gasteiger partial charge in [0.2, 0.25) is 0 Å². The van der Waals surface area contributed by atoms with E-state index in [4.69, 9.17) is 9.47 Å². The average molecular weight is 331 g/mol. The molecule has 2 aromatic rings. The van der Waals surface area contributed by atoms with Crippen molar-refractivity contribution in [2.45, 2.75) is 39.8 Å². The van der Waals surface area contributed by atoms with Gasteiger partial charge in [0.15, 0.2) is 11.5 Å². The Morgan fingerprint density at radius 1 is 1.33 bits per heavy atom. The predicted octanol–water partition coefficient (Wildman–Crippen LogP) is 2.81. The van der Waals surface area contributed by atoms with Gasteiger partial charge in [-0.3, -0.25) is 9.48 Å². The number of nitrogens with zero attached hydrogens (tertiary/aromatic N) is 2. The highest BCUT2D eigenvalue weighted by Crippen LogP contribution is 2.25. The molecule has 24 heavy (non-hydrogen) atoms. The zero-order valence-corrected chi connectivity index (χ0v) is 14.7. The Kier molecular flexibility index (Phi) is 6.23. The second-order valence-electron chi connectivity index (χ2n) is 5.70. The highest BCUT2D eigenvalue weighted by Gasteiger charge is 2.16. The molecule has 0 aliphatic heterocycles. The lowest BCUT2D eigenvalue weighted by atomic mass is 10.2. The van der Waals surface area contributed by atoms with E-state index >= 15 is 0 Å². The Morgan fingerprint density at radius 2 is 2.04 bits per heavy atom. The van der Waals surface area contributed by atoms with E-state index in [2.05, 4.69) is 17.3 Å². The number of ether oxygens (including phenoxy) is 2. The summed E-state index contributed by atoms with van der Waals surface area (Å²) in [5.74, 6) is 1.20. The van der Waals surface area contributed by atoms with E-state index in [9.17, 15) is 4.79 Å². The summed E-state index contributed by atoms with van der Waals surface area (Å²) in [5.41, 5.74) is 1.49. The van der Waals surface area contributed by atoms with E-state index in [1.165, 1.54) is 0 Å². The van der Waals surface area contributed by atoms with Gasteiger partial charge in [-0.2, -0.15) is 5.10 Å². The maximum Gasteiger partial charge on any atom is 0.255 e. The summed E-state index contributed by atoms with van der Waals surface area (Å²) in [7, 11) is 1.60. The van der Waals surface area contributed by atoms with Gasteiger partial charge in [0, 0.05) is 12.2 Å². The van der Waals surface area contributed by atoms with Gasteiger partial charge < -0.3 is 14.8 Å². The van der Waals surface area contributed by atoms with Crippen molar-refractivity contribution >= 4 is 5.91 Å². The average Bonchev–Trinajstić information content (AvgIpc) is 2.94. The number of methoxy groups -OCH3 is 1. The number of amides is 1. The van der Waals surface area contributed by atoms with Gasteiger partial charge in [-0.1, -0.05) is 19.1 Å². The van der Waals surface area contributed by atoms with E-state index in [0.717, 1.165) is 18.7 Å². The molecular weight excluding hydrogens is 306 g/mol. The fraction of sp³-hybridized carbons (Fsp3) is 0.444. The normalized spacial score (nSPS) is 11.8. The SMILES string of the molecule is CCCn1ncc(C(=O)N[C@@H](C)COc2ccccc2OC)c1C. The molecule has 2 rings (SSSR count). The van der Waals surface area contributed by atoms with Crippen LogP contribution in [0.3, 0.4) is 0 Å². The smallest absolute Gasteiger partial charge is 0.255 e. The number of rotatable bonds is 8. The molecule has 1 amide bonds. The van der Waals surface area contributed by atoms with Gasteiger partial charge in [-0.25, -0.2) is 0 Å². The van der Waals surface area contributed by atoms with Crippen LogP contribution in [0.2, 0.25) is 0 Å². The van der Waals surface area contributed by atoms with Crippen LogP contribution in [-0.2, 0) is 6.54 Å². The molecule has 130 valence electrons. The van der Waals surface area contributed by atoms with Crippen LogP contribution in [0.4, 0.5) is 0 Å². The number of carbonyl (C=O) groups excluding carboxylic acids is 1. The molecule has 0 saturated carbocycles. The number of benzene rings is 1. The van der Waals surface area contributed by atoms with Gasteiger partial charge in [-0.05, 0) is 32.4 Å². The summed E-state index contributed by atoms with van der Waals surface area (Å²) in [6, 6.07) is 7.30. The Bertz CT molecular complexity index is 682. The van der Waals surface area contributed by atoms with Crippen LogP contribution in [-0.4, -0.2) is 35.4 Å². The lowest BCUT2D eigenvalue weighted by molar-refractivity contribution is 0.0925. The Hall–Kier alpha value is -2.50. The molecule has 6 heteroatoms. The Morgan fingerprint density at radius 3 is 2.71 bits per heavy atom. The first-order chi connectivity index (χ1) is 11.6. The number of hydrogen-bond donors (Lipinski definition) is 1. The van der Waals surface area contributed by atoms with Crippen molar-refractivity contribution < 1.29 is 14.3 Å². The molecule has 6 nitrogen and oxygen atoms in total. The quantitative estimate of drug-likeness (QED) is 0.808. The van der Waals surface area contributed by atoms with E-state index in [1.807, 2.05) is 42.8 Å². The minimum atomic E-state index is -0.142. The minimum absolute atomic E-state index is 0.133. The number of aryl methyl sites for hydroxylation is 1. The molecule has 1 aromatic heterocycles. The summed E-state index contributed by atoms with van der Waals surface area (Å²) < 4.78 is 12.8. The molecule has 0 saturated heterocycles. The third-order valence-electron chi connectivity index (χ3n) is 3.72. The molecule has 1 heterocycles. The van der Waals surface area contributed by atoms with Crippen molar-refractivity contribution in [1.82, 2.24) is 15.1 Å². The monoisotopic (exact) mass is 331 g/mol. The fourth-order valence-electron chi connectivity index (χ4n) is 2.40. The van der Waals surface area contributed by atoms with Gasteiger partial charge in [0.25, 0.3) is 5.91 Å². The molecule has 0 fully saturated rings. The Labute approximate surface area is 142 Å². The molecule has 0 aliphatic rings. The minimum Gasteiger partial charge on any atom is -0.493 e. The van der Waals surface area contributed by atoms with Crippen molar-refractivity contribution in [1.29, 1.82) is 0 Å². The lowest BCUT2D eigenvalue weighted by Gasteiger charge is -2.16. The molecular formula is C18H25N3O3. The first kappa shape index (κ1) is 17.8. The second kappa shape index (κ2) is 8.38. The van der Waals surface area contributed by atoms with Crippen LogP contribution < -0.4 is 14.8 Å². The van der Waals surface area contributed by atoms with Crippen LogP contribution in [0.1, 0.15) is 36.3 Å². The third kappa shape index (κ3) is 4.28. The first-order valence-electron chi connectivity index (χ1n) is 8.15. The van der Waals surface area contributed by atoms with Crippen molar-refractivity contribution in [3.8, 4) is 11.5 Å². The van der Waals surface area contributed by atoms with Crippen LogP contribution in [0.25, 0.3) is 0 Å². The Balaban J connectivity index is 1.92. The van der Waals surface area contributed by atoms with E-state index in [1.54, 1.807) is 13.3 Å². The lowest BCUT2D eigenvalue weighted by Crippen LogP contribution is -2.37. The molecule has 0 bridgehead atoms. The van der Waals surface area contributed by atoms with E-state index in [0.29, 0.717) is 23.7 Å². The van der Waals surface area contributed by atoms with Crippen LogP contribution in [0.15, 0.2) is 30.5 Å². The molecule has 1 atom stereocenters. The number of carbonyl (C=O) groups is 1. The number of para-hydroxylation sites is 2. The van der Waals surface area contributed by atoms with Crippen molar-refractivity contribution in [3.63, 3.8) is 0 Å². The van der Waals surface area contributed by atoms with Crippen LogP contribution >= 0.6 is 0 Å². The van der Waals surface area contributed by atoms with Gasteiger partial charge in [0.1, 0.15) is 6.61 Å². The summed E-state index contributed by atoms with van der Waals surface area (Å²) >= 11 is 0. The third-order valence-corrected chi connectivity index (χ3v) is 3.72. The molecule has 1 N–H and O–H groups in total. The second-order valence-corrected chi connectivity index (χ2v) is 5.70. The molecule has 0 radical (unpaired) electrons. The standard InChI is InChI=1S/C18H25N3O3/c1-5-10-21-14(3)15(11-19-21)18(22)20-13(2)12-24-17-9-7-6-8-16(17)23-4/h6-9,11,13H,5,10,12H2,1-4H3,(H,20,22)/t13-/m0/s1. The van der Waals surface area contributed by atoms with Crippen LogP contribution in [0, 0.1) is 6.92 Å². The van der Waals surface area contributed by atoms with Crippen molar-refractivity contribution in [2.75, 3.05) is 13.7 Å². The zero-order chi connectivity index (χ0) is 17.5. The summed E-state index contributed by atoms with van der Waals surface area (Å²) in [4.78, 5) is 12.4. The van der Waals surface area contributed by atoms with Gasteiger partial charge in [-0.15, -0.1) is 0 Å². The van der Waals surface area contributed by atoms with Crippen molar-refractivity contribution in [3.05, 3.63) is 41.7 Å². The van der Waals surface area contributed by atoms with Gasteiger partial charge in [0.05, 0.1) is 24.9 Å². The summed E-state index contributed by atoms with van der Waals surface area (Å²) in [5, 5.41) is 7.20. The predicted molar refractivity (Wildman–Crippen MR) is 92.7 cm³/mol. The van der Waals surface area contributed by atoms with E-state index in [-0.39, 0.29) is 11.9 Å². The molecule has 0 aliphatic carbocycles. The van der Waals surface area contributed by atoms with Gasteiger partial charge >= 0.3 is 0 Å². The zero-order valence-electron chi connectivity index (χ0n) is 14.7. The summed E-state index contributed by atoms with van der Waals surface area (Å²) in [6.07, 6.45) is 2.60. The highest BCUT2D eigenvalue weighted by atomic mass is 16.5. The maximum absolute atomic E-state index is 12.4. The van der Waals surface area contributed by atoms with Crippen molar-refractivity contribution in [2.24, 2.45) is 0 Å². The molecule has 0 unspecified atom stereocenters. The summed E-state index contributed by atoms with van der Waals surface area (Å²) in [6.45, 7) is 7.06. The first-order valence-corrected chi connectivity index (χ1v) is 8.15. The molecule has 1 aromatic carbocycles. The maximum atomic E-state index is 12.4. The number of aromatic nitrogens is 2. The van der Waals surface area contributed by atoms with E-state index < -0.39 is 0 Å². The fourth-order valence-corrected chi connectivity index (χ4v) is 2.40. The molecule has 0 spiro atoms. The highest BCUT2D eigenvalue weighted by molar-refractivity contribution is 5.95. The topological polar surface area (TPSA) is 65.4 Å². The van der Waals surface area contributed by atoms with Crippen LogP contribution in [0.5, 0.6) is 11.5 Å². The number of nitrogens with one attached hydrogen (secondary N) is 1.